The smallest absolute Gasteiger partial charge is 0.293 e. The van der Waals surface area contributed by atoms with Crippen LogP contribution in [0.25, 0.3) is 5.82 Å². The molecule has 0 radical (unpaired) electrons. The first-order valence-electron chi connectivity index (χ1n) is 9.04. The number of hydrogen-bond acceptors (Lipinski definition) is 9. The molecule has 30 heavy (non-hydrogen) atoms. The molecule has 0 aliphatic heterocycles. The zero-order valence-corrected chi connectivity index (χ0v) is 16.9. The standard InChI is InChI=1S/C18H21N9O3/c1-9(2)15-14(22-26-27(15)17-16(19)24-30-25-17)18(29)23-21-10(3)12-5-7-13(8-6-12)20-11(4)28/h5-9H,1-4H3,(H2,19,24)(H,20,28)(H,23,29). The normalized spacial score (nSPS) is 11.6. The van der Waals surface area contributed by atoms with Gasteiger partial charge in [0.15, 0.2) is 5.69 Å². The Hall–Kier alpha value is -4.09. The Morgan fingerprint density at radius 2 is 1.87 bits per heavy atom. The molecule has 0 saturated carbocycles. The number of carbonyl (C=O) groups is 2. The Morgan fingerprint density at radius 3 is 2.43 bits per heavy atom. The first-order chi connectivity index (χ1) is 14.3. The van der Waals surface area contributed by atoms with E-state index in [1.54, 1.807) is 31.2 Å². The van der Waals surface area contributed by atoms with Gasteiger partial charge in [-0.2, -0.15) is 9.78 Å². The van der Waals surface area contributed by atoms with Crippen LogP contribution in [0.1, 0.15) is 55.4 Å². The lowest BCUT2D eigenvalue weighted by atomic mass is 10.1. The summed E-state index contributed by atoms with van der Waals surface area (Å²) >= 11 is 0. The highest BCUT2D eigenvalue weighted by molar-refractivity contribution is 6.01. The van der Waals surface area contributed by atoms with Crippen molar-refractivity contribution < 1.29 is 14.2 Å². The number of nitrogen functional groups attached to an aromatic ring is 1. The lowest BCUT2D eigenvalue weighted by Gasteiger charge is -2.08. The lowest BCUT2D eigenvalue weighted by molar-refractivity contribution is -0.114. The molecule has 0 aliphatic rings. The van der Waals surface area contributed by atoms with Gasteiger partial charge in [-0.1, -0.05) is 31.2 Å². The van der Waals surface area contributed by atoms with Gasteiger partial charge in [-0.25, -0.2) is 10.1 Å². The second-order valence-corrected chi connectivity index (χ2v) is 6.76. The number of nitrogens with one attached hydrogen (secondary N) is 2. The minimum absolute atomic E-state index is 0.0327. The summed E-state index contributed by atoms with van der Waals surface area (Å²) in [5.74, 6) is -0.621. The zero-order valence-electron chi connectivity index (χ0n) is 16.9. The van der Waals surface area contributed by atoms with Crippen LogP contribution in [0.4, 0.5) is 11.5 Å². The van der Waals surface area contributed by atoms with Crippen molar-refractivity contribution >= 4 is 29.0 Å². The second-order valence-electron chi connectivity index (χ2n) is 6.76. The maximum atomic E-state index is 12.7. The molecule has 0 fully saturated rings. The van der Waals surface area contributed by atoms with Crippen molar-refractivity contribution in [3.05, 3.63) is 41.2 Å². The topological polar surface area (TPSA) is 166 Å². The molecule has 1 aromatic carbocycles. The minimum atomic E-state index is -0.533. The summed E-state index contributed by atoms with van der Waals surface area (Å²) in [6.07, 6.45) is 0. The molecule has 12 nitrogen and oxygen atoms in total. The van der Waals surface area contributed by atoms with Gasteiger partial charge in [0.25, 0.3) is 5.91 Å². The van der Waals surface area contributed by atoms with Crippen LogP contribution in [0.5, 0.6) is 0 Å². The Kier molecular flexibility index (Phi) is 5.85. The molecule has 2 heterocycles. The molecule has 156 valence electrons. The molecule has 0 aliphatic carbocycles. The van der Waals surface area contributed by atoms with E-state index in [0.29, 0.717) is 17.1 Å². The first kappa shape index (κ1) is 20.6. The van der Waals surface area contributed by atoms with Crippen LogP contribution in [0, 0.1) is 0 Å². The van der Waals surface area contributed by atoms with Crippen LogP contribution in [-0.2, 0) is 4.79 Å². The predicted octanol–water partition coefficient (Wildman–Crippen LogP) is 1.47. The van der Waals surface area contributed by atoms with Crippen molar-refractivity contribution in [1.29, 1.82) is 0 Å². The van der Waals surface area contributed by atoms with Crippen LogP contribution in [0.3, 0.4) is 0 Å². The van der Waals surface area contributed by atoms with E-state index in [1.807, 2.05) is 13.8 Å². The SMILES string of the molecule is CC(=O)Nc1ccc(C(C)=NNC(=O)c2nnn(-c3nonc3N)c2C(C)C)cc1. The number of amides is 2. The second kappa shape index (κ2) is 8.51. The van der Waals surface area contributed by atoms with Gasteiger partial charge >= 0.3 is 0 Å². The largest absolute Gasteiger partial charge is 0.378 e. The van der Waals surface area contributed by atoms with Gasteiger partial charge in [0.2, 0.25) is 17.5 Å². The Balaban J connectivity index is 1.80. The number of hydrogen-bond donors (Lipinski definition) is 3. The van der Waals surface area contributed by atoms with E-state index in [0.717, 1.165) is 5.56 Å². The van der Waals surface area contributed by atoms with Crippen molar-refractivity contribution in [2.45, 2.75) is 33.6 Å². The summed E-state index contributed by atoms with van der Waals surface area (Å²) in [6, 6.07) is 7.06. The van der Waals surface area contributed by atoms with E-state index in [2.05, 4.69) is 41.1 Å². The molecule has 3 aromatic rings. The highest BCUT2D eigenvalue weighted by Gasteiger charge is 2.25. The van der Waals surface area contributed by atoms with Crippen molar-refractivity contribution in [3.8, 4) is 5.82 Å². The summed E-state index contributed by atoms with van der Waals surface area (Å²) in [5.41, 5.74) is 10.8. The number of rotatable bonds is 6. The van der Waals surface area contributed by atoms with E-state index in [-0.39, 0.29) is 29.2 Å². The molecule has 0 bridgehead atoms. The van der Waals surface area contributed by atoms with E-state index in [9.17, 15) is 9.59 Å². The summed E-state index contributed by atoms with van der Waals surface area (Å²) in [5, 5.41) is 22.0. The van der Waals surface area contributed by atoms with Crippen molar-refractivity contribution in [3.63, 3.8) is 0 Å². The molecular formula is C18H21N9O3. The maximum Gasteiger partial charge on any atom is 0.293 e. The molecule has 0 unspecified atom stereocenters. The van der Waals surface area contributed by atoms with Crippen LogP contribution < -0.4 is 16.5 Å². The summed E-state index contributed by atoms with van der Waals surface area (Å²) < 4.78 is 5.92. The van der Waals surface area contributed by atoms with Crippen molar-refractivity contribution in [2.75, 3.05) is 11.1 Å². The third kappa shape index (κ3) is 4.32. The van der Waals surface area contributed by atoms with Crippen LogP contribution in [0.15, 0.2) is 34.0 Å². The fourth-order valence-corrected chi connectivity index (χ4v) is 2.71. The number of nitrogens with zero attached hydrogens (tertiary/aromatic N) is 6. The van der Waals surface area contributed by atoms with Gasteiger partial charge < -0.3 is 11.1 Å². The number of anilines is 2. The highest BCUT2D eigenvalue weighted by atomic mass is 16.6. The highest BCUT2D eigenvalue weighted by Crippen LogP contribution is 2.22. The predicted molar refractivity (Wildman–Crippen MR) is 108 cm³/mol. The number of aromatic nitrogens is 5. The third-order valence-corrected chi connectivity index (χ3v) is 4.11. The molecular weight excluding hydrogens is 390 g/mol. The molecule has 4 N–H and O–H groups in total. The van der Waals surface area contributed by atoms with Crippen molar-refractivity contribution in [2.24, 2.45) is 5.10 Å². The van der Waals surface area contributed by atoms with Gasteiger partial charge in [0, 0.05) is 12.6 Å². The number of hydrazone groups is 1. The van der Waals surface area contributed by atoms with Gasteiger partial charge in [0.05, 0.1) is 11.4 Å². The van der Waals surface area contributed by atoms with Gasteiger partial charge in [0.1, 0.15) is 0 Å². The average molecular weight is 411 g/mol. The summed E-state index contributed by atoms with van der Waals surface area (Å²) in [6.45, 7) is 6.93. The molecule has 2 aromatic heterocycles. The Labute approximate surface area is 171 Å². The molecule has 2 amide bonds. The zero-order chi connectivity index (χ0) is 21.8. The number of benzene rings is 1. The van der Waals surface area contributed by atoms with Gasteiger partial charge in [-0.05, 0) is 40.9 Å². The monoisotopic (exact) mass is 411 g/mol. The molecule has 3 rings (SSSR count). The molecule has 0 spiro atoms. The lowest BCUT2D eigenvalue weighted by Crippen LogP contribution is -2.22. The summed E-state index contributed by atoms with van der Waals surface area (Å²) in [7, 11) is 0. The fourth-order valence-electron chi connectivity index (χ4n) is 2.71. The van der Waals surface area contributed by atoms with Crippen LogP contribution in [-0.4, -0.2) is 42.8 Å². The van der Waals surface area contributed by atoms with Crippen LogP contribution >= 0.6 is 0 Å². The van der Waals surface area contributed by atoms with Gasteiger partial charge in [-0.3, -0.25) is 9.59 Å². The first-order valence-corrected chi connectivity index (χ1v) is 9.04. The van der Waals surface area contributed by atoms with Gasteiger partial charge in [-0.15, -0.1) is 5.10 Å². The Bertz CT molecular complexity index is 1100. The quantitative estimate of drug-likeness (QED) is 0.405. The summed E-state index contributed by atoms with van der Waals surface area (Å²) in [4.78, 5) is 23.8. The fraction of sp³-hybridized carbons (Fsp3) is 0.278. The average Bonchev–Trinajstić information content (AvgIpc) is 3.31. The molecule has 0 atom stereocenters. The van der Waals surface area contributed by atoms with Crippen LogP contribution in [0.2, 0.25) is 0 Å². The van der Waals surface area contributed by atoms with E-state index in [1.165, 1.54) is 11.6 Å². The van der Waals surface area contributed by atoms with Crippen molar-refractivity contribution in [1.82, 2.24) is 30.7 Å². The van der Waals surface area contributed by atoms with E-state index >= 15 is 0 Å². The van der Waals surface area contributed by atoms with E-state index in [4.69, 9.17) is 5.73 Å². The van der Waals surface area contributed by atoms with E-state index < -0.39 is 5.91 Å². The molecule has 0 saturated heterocycles. The number of carbonyl (C=O) groups excluding carboxylic acids is 2. The number of nitrogens with two attached hydrogens (primary N) is 1. The minimum Gasteiger partial charge on any atom is -0.378 e. The Morgan fingerprint density at radius 1 is 1.17 bits per heavy atom. The maximum absolute atomic E-state index is 12.7. The third-order valence-electron chi connectivity index (χ3n) is 4.11. The molecule has 12 heteroatoms.